The number of hydrogen-bond donors (Lipinski definition) is 1. The first kappa shape index (κ1) is 20.3. The third kappa shape index (κ3) is 4.00. The normalized spacial score (nSPS) is 15.0. The van der Waals surface area contributed by atoms with Crippen molar-refractivity contribution in [3.05, 3.63) is 74.0 Å². The molecular formula is C23H21ClN4O2S. The molecule has 1 aliphatic rings. The van der Waals surface area contributed by atoms with Crippen LogP contribution in [0.5, 0.6) is 0 Å². The van der Waals surface area contributed by atoms with Gasteiger partial charge >= 0.3 is 0 Å². The summed E-state index contributed by atoms with van der Waals surface area (Å²) < 4.78 is 1.85. The summed E-state index contributed by atoms with van der Waals surface area (Å²) in [5.41, 5.74) is 1.05. The van der Waals surface area contributed by atoms with E-state index in [1.807, 2.05) is 22.8 Å². The number of hydrogen-bond acceptors (Lipinski definition) is 5. The maximum atomic E-state index is 13.4. The molecule has 2 heterocycles. The van der Waals surface area contributed by atoms with E-state index in [0.29, 0.717) is 43.6 Å². The molecule has 0 amide bonds. The Hall–Kier alpha value is -2.64. The fourth-order valence-electron chi connectivity index (χ4n) is 4.25. The zero-order valence-corrected chi connectivity index (χ0v) is 18.4. The molecule has 8 heteroatoms. The molecule has 1 N–H and O–H groups in total. The molecule has 158 valence electrons. The van der Waals surface area contributed by atoms with Crippen LogP contribution in [0.15, 0.2) is 57.2 Å². The Labute approximate surface area is 187 Å². The summed E-state index contributed by atoms with van der Waals surface area (Å²) in [5, 5.41) is 2.33. The molecule has 0 atom stereocenters. The van der Waals surface area contributed by atoms with Crippen molar-refractivity contribution in [2.24, 2.45) is 0 Å². The fraction of sp³-hybridized carbons (Fsp3) is 0.304. The van der Waals surface area contributed by atoms with Gasteiger partial charge in [0, 0.05) is 11.1 Å². The van der Waals surface area contributed by atoms with Gasteiger partial charge < -0.3 is 4.98 Å². The highest BCUT2D eigenvalue weighted by Crippen LogP contribution is 2.32. The minimum Gasteiger partial charge on any atom is -0.309 e. The third-order valence-electron chi connectivity index (χ3n) is 5.77. The number of aromatic nitrogens is 4. The first-order valence-electron chi connectivity index (χ1n) is 10.4. The summed E-state index contributed by atoms with van der Waals surface area (Å²) in [6.45, 7) is 0. The Morgan fingerprint density at radius 2 is 1.81 bits per heavy atom. The van der Waals surface area contributed by atoms with E-state index in [1.165, 1.54) is 18.2 Å². The van der Waals surface area contributed by atoms with Crippen molar-refractivity contribution in [3.63, 3.8) is 0 Å². The third-order valence-corrected chi connectivity index (χ3v) is 6.97. The SMILES string of the molecule is O=c1[nH]c(CSc2nc3cc(Cl)ccc3c(=O)n2C2CCCCC2)nc2ccccc12. The van der Waals surface area contributed by atoms with Gasteiger partial charge in [-0.2, -0.15) is 0 Å². The Kier molecular flexibility index (Phi) is 5.54. The quantitative estimate of drug-likeness (QED) is 0.345. The molecule has 4 aromatic rings. The van der Waals surface area contributed by atoms with Crippen molar-refractivity contribution < 1.29 is 0 Å². The summed E-state index contributed by atoms with van der Waals surface area (Å²) >= 11 is 7.57. The van der Waals surface area contributed by atoms with E-state index in [1.54, 1.807) is 24.3 Å². The molecule has 0 saturated heterocycles. The number of thioether (sulfide) groups is 1. The van der Waals surface area contributed by atoms with Crippen molar-refractivity contribution in [2.75, 3.05) is 0 Å². The second-order valence-electron chi connectivity index (χ2n) is 7.84. The van der Waals surface area contributed by atoms with Gasteiger partial charge in [0.2, 0.25) is 0 Å². The lowest BCUT2D eigenvalue weighted by molar-refractivity contribution is 0.326. The van der Waals surface area contributed by atoms with Gasteiger partial charge in [0.1, 0.15) is 5.82 Å². The summed E-state index contributed by atoms with van der Waals surface area (Å²) in [6, 6.07) is 12.6. The van der Waals surface area contributed by atoms with Crippen LogP contribution in [-0.4, -0.2) is 19.5 Å². The molecular weight excluding hydrogens is 432 g/mol. The molecule has 0 unspecified atom stereocenters. The minimum atomic E-state index is -0.163. The standard InChI is InChI=1S/C23H21ClN4O2S/c24-14-10-11-17-19(12-14)26-23(28(22(17)30)15-6-2-1-3-7-15)31-13-20-25-18-9-5-4-8-16(18)21(29)27-20/h4-5,8-12,15H,1-3,6-7,13H2,(H,25,27,29). The molecule has 1 aliphatic carbocycles. The maximum Gasteiger partial charge on any atom is 0.262 e. The Balaban J connectivity index is 1.56. The van der Waals surface area contributed by atoms with E-state index in [4.69, 9.17) is 16.6 Å². The van der Waals surface area contributed by atoms with Gasteiger partial charge in [-0.1, -0.05) is 54.8 Å². The smallest absolute Gasteiger partial charge is 0.262 e. The highest BCUT2D eigenvalue weighted by molar-refractivity contribution is 7.98. The van der Waals surface area contributed by atoms with Crippen LogP contribution in [-0.2, 0) is 5.75 Å². The summed E-state index contributed by atoms with van der Waals surface area (Å²) in [4.78, 5) is 38.0. The van der Waals surface area contributed by atoms with E-state index in [9.17, 15) is 9.59 Å². The zero-order chi connectivity index (χ0) is 21.4. The Bertz CT molecular complexity index is 1390. The number of aromatic amines is 1. The van der Waals surface area contributed by atoms with Crippen LogP contribution in [0.25, 0.3) is 21.8 Å². The lowest BCUT2D eigenvalue weighted by Gasteiger charge is -2.26. The fourth-order valence-corrected chi connectivity index (χ4v) is 5.35. The summed E-state index contributed by atoms with van der Waals surface area (Å²) in [5.74, 6) is 0.968. The summed E-state index contributed by atoms with van der Waals surface area (Å²) in [7, 11) is 0. The van der Waals surface area contributed by atoms with Crippen LogP contribution >= 0.6 is 23.4 Å². The maximum absolute atomic E-state index is 13.4. The lowest BCUT2D eigenvalue weighted by Crippen LogP contribution is -2.29. The van der Waals surface area contributed by atoms with Gasteiger partial charge in [0.15, 0.2) is 5.16 Å². The molecule has 0 spiro atoms. The molecule has 0 bridgehead atoms. The van der Waals surface area contributed by atoms with Crippen molar-refractivity contribution >= 4 is 45.2 Å². The number of para-hydroxylation sites is 1. The highest BCUT2D eigenvalue weighted by atomic mass is 35.5. The van der Waals surface area contributed by atoms with Crippen LogP contribution in [0.1, 0.15) is 44.0 Å². The van der Waals surface area contributed by atoms with E-state index in [2.05, 4.69) is 9.97 Å². The first-order chi connectivity index (χ1) is 15.1. The van der Waals surface area contributed by atoms with Gasteiger partial charge in [-0.15, -0.1) is 0 Å². The molecule has 5 rings (SSSR count). The zero-order valence-electron chi connectivity index (χ0n) is 16.8. The van der Waals surface area contributed by atoms with Crippen LogP contribution in [0.3, 0.4) is 0 Å². The Morgan fingerprint density at radius 1 is 1.00 bits per heavy atom. The molecule has 2 aromatic heterocycles. The predicted molar refractivity (Wildman–Crippen MR) is 125 cm³/mol. The van der Waals surface area contributed by atoms with Crippen molar-refractivity contribution in [2.45, 2.75) is 49.1 Å². The van der Waals surface area contributed by atoms with Crippen molar-refractivity contribution in [3.8, 4) is 0 Å². The number of nitrogens with zero attached hydrogens (tertiary/aromatic N) is 3. The van der Waals surface area contributed by atoms with E-state index in [0.717, 1.165) is 25.7 Å². The van der Waals surface area contributed by atoms with E-state index < -0.39 is 0 Å². The van der Waals surface area contributed by atoms with Gasteiger partial charge in [0.05, 0.1) is 27.6 Å². The number of benzene rings is 2. The van der Waals surface area contributed by atoms with Gasteiger partial charge in [-0.25, -0.2) is 9.97 Å². The Morgan fingerprint density at radius 3 is 2.65 bits per heavy atom. The number of halogens is 1. The lowest BCUT2D eigenvalue weighted by atomic mass is 9.95. The number of rotatable bonds is 4. The average molecular weight is 453 g/mol. The molecule has 6 nitrogen and oxygen atoms in total. The number of fused-ring (bicyclic) bond motifs is 2. The highest BCUT2D eigenvalue weighted by Gasteiger charge is 2.22. The van der Waals surface area contributed by atoms with E-state index >= 15 is 0 Å². The molecule has 0 radical (unpaired) electrons. The molecule has 2 aromatic carbocycles. The van der Waals surface area contributed by atoms with Gasteiger partial charge in [-0.05, 0) is 43.2 Å². The predicted octanol–water partition coefficient (Wildman–Crippen LogP) is 5.08. The monoisotopic (exact) mass is 452 g/mol. The number of nitrogens with one attached hydrogen (secondary N) is 1. The minimum absolute atomic E-state index is 0.0315. The molecule has 0 aliphatic heterocycles. The van der Waals surface area contributed by atoms with Gasteiger partial charge in [0.25, 0.3) is 11.1 Å². The molecule has 1 fully saturated rings. The van der Waals surface area contributed by atoms with Crippen molar-refractivity contribution in [1.82, 2.24) is 19.5 Å². The van der Waals surface area contributed by atoms with Crippen LogP contribution in [0.4, 0.5) is 0 Å². The van der Waals surface area contributed by atoms with E-state index in [-0.39, 0.29) is 17.2 Å². The van der Waals surface area contributed by atoms with Crippen molar-refractivity contribution in [1.29, 1.82) is 0 Å². The van der Waals surface area contributed by atoms with Crippen LogP contribution in [0.2, 0.25) is 5.02 Å². The molecule has 1 saturated carbocycles. The molecule has 31 heavy (non-hydrogen) atoms. The van der Waals surface area contributed by atoms with Crippen LogP contribution < -0.4 is 11.1 Å². The number of H-pyrrole nitrogens is 1. The largest absolute Gasteiger partial charge is 0.309 e. The van der Waals surface area contributed by atoms with Crippen LogP contribution in [0, 0.1) is 0 Å². The topological polar surface area (TPSA) is 80.6 Å². The average Bonchev–Trinajstić information content (AvgIpc) is 2.78. The van der Waals surface area contributed by atoms with Gasteiger partial charge in [-0.3, -0.25) is 14.2 Å². The second kappa shape index (κ2) is 8.48. The summed E-state index contributed by atoms with van der Waals surface area (Å²) in [6.07, 6.45) is 5.37. The first-order valence-corrected chi connectivity index (χ1v) is 11.8. The second-order valence-corrected chi connectivity index (χ2v) is 9.22.